The van der Waals surface area contributed by atoms with Crippen molar-refractivity contribution in [2.75, 3.05) is 33.2 Å². The molecule has 0 aliphatic heterocycles. The zero-order chi connectivity index (χ0) is 20.8. The first kappa shape index (κ1) is 21.5. The van der Waals surface area contributed by atoms with Crippen LogP contribution in [0.1, 0.15) is 47.6 Å². The lowest BCUT2D eigenvalue weighted by atomic mass is 9.91. The first-order valence-electron chi connectivity index (χ1n) is 10.8. The van der Waals surface area contributed by atoms with Gasteiger partial charge >= 0.3 is 0 Å². The van der Waals surface area contributed by atoms with Crippen molar-refractivity contribution in [3.63, 3.8) is 0 Å². The van der Waals surface area contributed by atoms with Gasteiger partial charge in [0.1, 0.15) is 0 Å². The summed E-state index contributed by atoms with van der Waals surface area (Å²) in [6, 6.07) is 10.5. The summed E-state index contributed by atoms with van der Waals surface area (Å²) in [5, 5.41) is 8.32. The van der Waals surface area contributed by atoms with Gasteiger partial charge in [-0.25, -0.2) is 0 Å². The van der Waals surface area contributed by atoms with Crippen molar-refractivity contribution in [3.05, 3.63) is 52.8 Å². The van der Waals surface area contributed by atoms with Crippen LogP contribution in [-0.2, 0) is 26.4 Å². The second-order valence-corrected chi connectivity index (χ2v) is 7.97. The summed E-state index contributed by atoms with van der Waals surface area (Å²) in [5.74, 6) is 0.00879. The van der Waals surface area contributed by atoms with Crippen LogP contribution in [0.4, 0.5) is 0 Å². The fraction of sp³-hybridized carbons (Fsp3) is 0.565. The molecule has 1 unspecified atom stereocenters. The molecule has 0 saturated carbocycles. The van der Waals surface area contributed by atoms with Crippen LogP contribution in [0.5, 0.6) is 0 Å². The maximum absolute atomic E-state index is 13.1. The third-order valence-electron chi connectivity index (χ3n) is 6.02. The van der Waals surface area contributed by atoms with Crippen molar-refractivity contribution in [2.24, 2.45) is 7.05 Å². The van der Waals surface area contributed by atoms with Gasteiger partial charge in [-0.15, -0.1) is 0 Å². The van der Waals surface area contributed by atoms with Crippen LogP contribution >= 0.6 is 0 Å². The molecular weight excluding hydrogens is 362 g/mol. The van der Waals surface area contributed by atoms with E-state index < -0.39 is 0 Å². The number of hydrogen-bond acceptors (Lipinski definition) is 4. The molecule has 1 aromatic carbocycles. The van der Waals surface area contributed by atoms with E-state index in [-0.39, 0.29) is 5.91 Å². The third kappa shape index (κ3) is 5.25. The first-order valence-corrected chi connectivity index (χ1v) is 10.8. The number of hydrogen-bond donors (Lipinski definition) is 1. The molecule has 6 nitrogen and oxygen atoms in total. The van der Waals surface area contributed by atoms with Crippen LogP contribution in [0.2, 0.25) is 0 Å². The fourth-order valence-corrected chi connectivity index (χ4v) is 4.21. The largest absolute Gasteiger partial charge is 0.336 e. The zero-order valence-corrected chi connectivity index (χ0v) is 18.3. The van der Waals surface area contributed by atoms with Crippen LogP contribution in [0.3, 0.4) is 0 Å². The number of aryl methyl sites for hydroxylation is 1. The molecule has 158 valence electrons. The Hall–Kier alpha value is -2.18. The Morgan fingerprint density at radius 2 is 1.97 bits per heavy atom. The molecule has 0 fully saturated rings. The molecule has 0 radical (unpaired) electrons. The topological polar surface area (TPSA) is 53.4 Å². The Kier molecular flexibility index (Phi) is 7.45. The normalized spacial score (nSPS) is 16.1. The van der Waals surface area contributed by atoms with Gasteiger partial charge in [-0.3, -0.25) is 9.48 Å². The van der Waals surface area contributed by atoms with Gasteiger partial charge < -0.3 is 15.1 Å². The Labute approximate surface area is 174 Å². The predicted octanol–water partition coefficient (Wildman–Crippen LogP) is 2.48. The van der Waals surface area contributed by atoms with Crippen LogP contribution in [0.15, 0.2) is 30.3 Å². The van der Waals surface area contributed by atoms with E-state index in [0.29, 0.717) is 18.3 Å². The molecule has 3 rings (SSSR count). The number of carbonyl (C=O) groups excluding carboxylic acids is 1. The van der Waals surface area contributed by atoms with Crippen molar-refractivity contribution in [1.29, 1.82) is 0 Å². The van der Waals surface area contributed by atoms with Gasteiger partial charge in [-0.2, -0.15) is 5.10 Å². The molecule has 0 bridgehead atoms. The summed E-state index contributed by atoms with van der Waals surface area (Å²) in [4.78, 5) is 17.3. The molecule has 1 aliphatic carbocycles. The summed E-state index contributed by atoms with van der Waals surface area (Å²) in [7, 11) is 3.82. The number of amides is 1. The van der Waals surface area contributed by atoms with E-state index in [0.717, 1.165) is 56.6 Å². The Bertz CT molecular complexity index is 797. The molecule has 0 spiro atoms. The minimum absolute atomic E-state index is 0.00879. The Morgan fingerprint density at radius 3 is 2.66 bits per heavy atom. The van der Waals surface area contributed by atoms with E-state index >= 15 is 0 Å². The standard InChI is InChI=1S/C23H35N5O/c1-5-28(6-2)15-14-24-19-12-13-21-20(16-19)22(25-27(21)4)23(29)26(3)17-18-10-8-7-9-11-18/h7-11,19,24H,5-6,12-17H2,1-4H3. The van der Waals surface area contributed by atoms with E-state index in [1.807, 2.05) is 49.1 Å². The lowest BCUT2D eigenvalue weighted by Crippen LogP contribution is -2.40. The fourth-order valence-electron chi connectivity index (χ4n) is 4.21. The van der Waals surface area contributed by atoms with Crippen LogP contribution in [0, 0.1) is 0 Å². The highest BCUT2D eigenvalue weighted by Gasteiger charge is 2.29. The van der Waals surface area contributed by atoms with E-state index in [2.05, 4.69) is 29.2 Å². The molecule has 2 aromatic rings. The van der Waals surface area contributed by atoms with Crippen molar-refractivity contribution >= 4 is 5.91 Å². The molecular formula is C23H35N5O. The summed E-state index contributed by atoms with van der Waals surface area (Å²) < 4.78 is 1.91. The van der Waals surface area contributed by atoms with Gasteiger partial charge in [0.2, 0.25) is 0 Å². The highest BCUT2D eigenvalue weighted by atomic mass is 16.2. The molecule has 1 N–H and O–H groups in total. The van der Waals surface area contributed by atoms with Crippen molar-refractivity contribution in [2.45, 2.75) is 45.7 Å². The minimum atomic E-state index is 0.00879. The summed E-state index contributed by atoms with van der Waals surface area (Å²) in [6.45, 7) is 9.22. The maximum atomic E-state index is 13.1. The minimum Gasteiger partial charge on any atom is -0.336 e. The number of fused-ring (bicyclic) bond motifs is 1. The summed E-state index contributed by atoms with van der Waals surface area (Å²) in [6.07, 6.45) is 2.94. The third-order valence-corrected chi connectivity index (χ3v) is 6.02. The average Bonchev–Trinajstić information content (AvgIpc) is 3.07. The van der Waals surface area contributed by atoms with Gasteiger partial charge in [0.25, 0.3) is 5.91 Å². The molecule has 1 aliphatic rings. The van der Waals surface area contributed by atoms with E-state index in [9.17, 15) is 4.79 Å². The number of nitrogens with one attached hydrogen (secondary N) is 1. The zero-order valence-electron chi connectivity index (χ0n) is 18.3. The Balaban J connectivity index is 1.66. The van der Waals surface area contributed by atoms with Crippen molar-refractivity contribution in [1.82, 2.24) is 24.9 Å². The quantitative estimate of drug-likeness (QED) is 0.706. The highest BCUT2D eigenvalue weighted by Crippen LogP contribution is 2.25. The van der Waals surface area contributed by atoms with E-state index in [1.54, 1.807) is 4.90 Å². The van der Waals surface area contributed by atoms with Crippen LogP contribution < -0.4 is 5.32 Å². The van der Waals surface area contributed by atoms with Gasteiger partial charge in [0, 0.05) is 51.0 Å². The number of nitrogens with zero attached hydrogens (tertiary/aromatic N) is 4. The summed E-state index contributed by atoms with van der Waals surface area (Å²) >= 11 is 0. The predicted molar refractivity (Wildman–Crippen MR) is 117 cm³/mol. The molecule has 1 aromatic heterocycles. The number of likely N-dealkylation sites (N-methyl/N-ethyl adjacent to an activating group) is 1. The van der Waals surface area contributed by atoms with Crippen LogP contribution in [-0.4, -0.2) is 64.8 Å². The second-order valence-electron chi connectivity index (χ2n) is 7.97. The lowest BCUT2D eigenvalue weighted by molar-refractivity contribution is 0.0777. The van der Waals surface area contributed by atoms with E-state index in [4.69, 9.17) is 0 Å². The maximum Gasteiger partial charge on any atom is 0.274 e. The SMILES string of the molecule is CCN(CC)CCNC1CCc2c(c(C(=O)N(C)Cc3ccccc3)nn2C)C1. The van der Waals surface area contributed by atoms with Gasteiger partial charge in [0.05, 0.1) is 0 Å². The average molecular weight is 398 g/mol. The number of carbonyl (C=O) groups is 1. The highest BCUT2D eigenvalue weighted by molar-refractivity contribution is 5.94. The molecule has 6 heteroatoms. The van der Waals surface area contributed by atoms with Crippen molar-refractivity contribution in [3.8, 4) is 0 Å². The van der Waals surface area contributed by atoms with Gasteiger partial charge in [-0.1, -0.05) is 44.2 Å². The second kappa shape index (κ2) is 10.0. The molecule has 1 atom stereocenters. The smallest absolute Gasteiger partial charge is 0.274 e. The molecule has 0 saturated heterocycles. The monoisotopic (exact) mass is 397 g/mol. The van der Waals surface area contributed by atoms with Crippen molar-refractivity contribution < 1.29 is 4.79 Å². The van der Waals surface area contributed by atoms with E-state index in [1.165, 1.54) is 5.69 Å². The molecule has 1 amide bonds. The number of rotatable bonds is 9. The summed E-state index contributed by atoms with van der Waals surface area (Å²) in [5.41, 5.74) is 4.09. The van der Waals surface area contributed by atoms with Crippen LogP contribution in [0.25, 0.3) is 0 Å². The number of benzene rings is 1. The Morgan fingerprint density at radius 1 is 1.24 bits per heavy atom. The first-order chi connectivity index (χ1) is 14.0. The molecule has 29 heavy (non-hydrogen) atoms. The molecule has 1 heterocycles. The number of aromatic nitrogens is 2. The lowest BCUT2D eigenvalue weighted by Gasteiger charge is -2.26. The van der Waals surface area contributed by atoms with Gasteiger partial charge in [0.15, 0.2) is 5.69 Å². The van der Waals surface area contributed by atoms with Gasteiger partial charge in [-0.05, 0) is 37.9 Å².